The van der Waals surface area contributed by atoms with Crippen LogP contribution in [-0.2, 0) is 16.1 Å². The van der Waals surface area contributed by atoms with Crippen LogP contribution in [0.25, 0.3) is 10.9 Å². The highest BCUT2D eigenvalue weighted by Gasteiger charge is 2.15. The number of aromatic nitrogens is 1. The summed E-state index contributed by atoms with van der Waals surface area (Å²) >= 11 is 0. The van der Waals surface area contributed by atoms with Crippen LogP contribution < -0.4 is 10.1 Å². The van der Waals surface area contributed by atoms with E-state index in [9.17, 15) is 9.59 Å². The molecule has 106 valence electrons. The number of nitrogens with one attached hydrogen (secondary N) is 1. The second-order valence-corrected chi connectivity index (χ2v) is 4.46. The third kappa shape index (κ3) is 2.74. The summed E-state index contributed by atoms with van der Waals surface area (Å²) in [5, 5.41) is 12.1. The molecule has 2 rings (SSSR count). The standard InChI is InChI=1S/C14H16N2O4/c1-9(14(18)19)15-13(17)8-16-7-6-10-11(16)4-3-5-12(10)20-2/h3-7,9H,8H2,1-2H3,(H,15,17)(H,18,19). The molecule has 1 atom stereocenters. The number of hydrogen-bond donors (Lipinski definition) is 2. The maximum absolute atomic E-state index is 11.8. The van der Waals surface area contributed by atoms with Crippen molar-refractivity contribution in [1.82, 2.24) is 9.88 Å². The van der Waals surface area contributed by atoms with Crippen molar-refractivity contribution in [3.8, 4) is 5.75 Å². The Morgan fingerprint density at radius 3 is 2.80 bits per heavy atom. The van der Waals surface area contributed by atoms with Crippen LogP contribution in [0.15, 0.2) is 30.5 Å². The highest BCUT2D eigenvalue weighted by Crippen LogP contribution is 2.26. The smallest absolute Gasteiger partial charge is 0.325 e. The van der Waals surface area contributed by atoms with Gasteiger partial charge in [0.2, 0.25) is 5.91 Å². The average molecular weight is 276 g/mol. The molecule has 1 unspecified atom stereocenters. The van der Waals surface area contributed by atoms with E-state index in [0.717, 1.165) is 16.7 Å². The van der Waals surface area contributed by atoms with Crippen LogP contribution in [0.3, 0.4) is 0 Å². The molecule has 0 saturated carbocycles. The third-order valence-electron chi connectivity index (χ3n) is 3.06. The number of benzene rings is 1. The topological polar surface area (TPSA) is 80.6 Å². The molecule has 0 aliphatic heterocycles. The number of hydrogen-bond acceptors (Lipinski definition) is 3. The zero-order chi connectivity index (χ0) is 14.7. The number of carbonyl (C=O) groups is 2. The molecule has 2 N–H and O–H groups in total. The lowest BCUT2D eigenvalue weighted by molar-refractivity contribution is -0.141. The Kier molecular flexibility index (Phi) is 3.93. The summed E-state index contributed by atoms with van der Waals surface area (Å²) in [6.07, 6.45) is 1.78. The van der Waals surface area contributed by atoms with Gasteiger partial charge in [-0.05, 0) is 25.1 Å². The van der Waals surface area contributed by atoms with Crippen molar-refractivity contribution >= 4 is 22.8 Å². The number of ether oxygens (including phenoxy) is 1. The summed E-state index contributed by atoms with van der Waals surface area (Å²) in [6.45, 7) is 1.49. The van der Waals surface area contributed by atoms with Crippen molar-refractivity contribution in [3.05, 3.63) is 30.5 Å². The number of methoxy groups -OCH3 is 1. The van der Waals surface area contributed by atoms with E-state index < -0.39 is 12.0 Å². The SMILES string of the molecule is COc1cccc2c1ccn2CC(=O)NC(C)C(=O)O. The monoisotopic (exact) mass is 276 g/mol. The number of fused-ring (bicyclic) bond motifs is 1. The van der Waals surface area contributed by atoms with E-state index in [1.165, 1.54) is 6.92 Å². The van der Waals surface area contributed by atoms with Gasteiger partial charge in [0.1, 0.15) is 18.3 Å². The molecule has 2 aromatic rings. The van der Waals surface area contributed by atoms with Crippen LogP contribution in [0.2, 0.25) is 0 Å². The van der Waals surface area contributed by atoms with Crippen LogP contribution in [-0.4, -0.2) is 34.7 Å². The Balaban J connectivity index is 2.18. The van der Waals surface area contributed by atoms with E-state index in [1.54, 1.807) is 17.9 Å². The van der Waals surface area contributed by atoms with Gasteiger partial charge < -0.3 is 19.7 Å². The Labute approximate surface area is 116 Å². The Morgan fingerprint density at radius 1 is 1.40 bits per heavy atom. The van der Waals surface area contributed by atoms with Crippen LogP contribution in [0.5, 0.6) is 5.75 Å². The summed E-state index contributed by atoms with van der Waals surface area (Å²) < 4.78 is 7.00. The Hall–Kier alpha value is -2.50. The predicted octanol–water partition coefficient (Wildman–Crippen LogP) is 1.24. The van der Waals surface area contributed by atoms with Gasteiger partial charge in [0.25, 0.3) is 0 Å². The van der Waals surface area contributed by atoms with Crippen molar-refractivity contribution in [2.24, 2.45) is 0 Å². The molecule has 0 saturated heterocycles. The molecule has 0 spiro atoms. The van der Waals surface area contributed by atoms with Gasteiger partial charge in [-0.25, -0.2) is 0 Å². The first-order valence-corrected chi connectivity index (χ1v) is 6.17. The maximum Gasteiger partial charge on any atom is 0.325 e. The first-order chi connectivity index (χ1) is 9.52. The molecule has 6 nitrogen and oxygen atoms in total. The predicted molar refractivity (Wildman–Crippen MR) is 73.7 cm³/mol. The highest BCUT2D eigenvalue weighted by atomic mass is 16.5. The summed E-state index contributed by atoms with van der Waals surface area (Å²) in [5.74, 6) is -0.668. The van der Waals surface area contributed by atoms with Crippen molar-refractivity contribution < 1.29 is 19.4 Å². The number of amides is 1. The first-order valence-electron chi connectivity index (χ1n) is 6.17. The molecule has 0 aliphatic rings. The lowest BCUT2D eigenvalue weighted by atomic mass is 10.2. The third-order valence-corrected chi connectivity index (χ3v) is 3.06. The van der Waals surface area contributed by atoms with E-state index in [2.05, 4.69) is 5.32 Å². The lowest BCUT2D eigenvalue weighted by Gasteiger charge is -2.10. The molecule has 0 bridgehead atoms. The number of carboxylic acid groups (broad SMARTS) is 1. The Morgan fingerprint density at radius 2 is 2.15 bits per heavy atom. The van der Waals surface area contributed by atoms with Gasteiger partial charge in [0.15, 0.2) is 0 Å². The molecule has 1 aromatic carbocycles. The zero-order valence-corrected chi connectivity index (χ0v) is 11.3. The molecule has 20 heavy (non-hydrogen) atoms. The average Bonchev–Trinajstić information content (AvgIpc) is 2.81. The zero-order valence-electron chi connectivity index (χ0n) is 11.3. The van der Waals surface area contributed by atoms with Crippen LogP contribution in [0.1, 0.15) is 6.92 Å². The van der Waals surface area contributed by atoms with Gasteiger partial charge in [-0.1, -0.05) is 6.07 Å². The number of carboxylic acids is 1. The van der Waals surface area contributed by atoms with Crippen LogP contribution >= 0.6 is 0 Å². The minimum Gasteiger partial charge on any atom is -0.496 e. The number of rotatable bonds is 5. The van der Waals surface area contributed by atoms with Gasteiger partial charge in [-0.2, -0.15) is 0 Å². The molecule has 1 aromatic heterocycles. The normalized spacial score (nSPS) is 12.1. The minimum atomic E-state index is -1.06. The van der Waals surface area contributed by atoms with Crippen LogP contribution in [0, 0.1) is 0 Å². The first kappa shape index (κ1) is 13.9. The fourth-order valence-corrected chi connectivity index (χ4v) is 2.01. The van der Waals surface area contributed by atoms with Crippen molar-refractivity contribution in [2.45, 2.75) is 19.5 Å². The second-order valence-electron chi connectivity index (χ2n) is 4.46. The fraction of sp³-hybridized carbons (Fsp3) is 0.286. The van der Waals surface area contributed by atoms with Crippen molar-refractivity contribution in [2.75, 3.05) is 7.11 Å². The molecule has 0 fully saturated rings. The Bertz CT molecular complexity index is 648. The largest absolute Gasteiger partial charge is 0.496 e. The molecule has 1 amide bonds. The lowest BCUT2D eigenvalue weighted by Crippen LogP contribution is -2.39. The van der Waals surface area contributed by atoms with Gasteiger partial charge >= 0.3 is 5.97 Å². The second kappa shape index (κ2) is 5.64. The minimum absolute atomic E-state index is 0.0638. The number of aliphatic carboxylic acids is 1. The fourth-order valence-electron chi connectivity index (χ4n) is 2.01. The van der Waals surface area contributed by atoms with Crippen molar-refractivity contribution in [1.29, 1.82) is 0 Å². The van der Waals surface area contributed by atoms with E-state index in [-0.39, 0.29) is 12.5 Å². The van der Waals surface area contributed by atoms with Gasteiger partial charge in [0, 0.05) is 11.6 Å². The number of carbonyl (C=O) groups excluding carboxylic acids is 1. The van der Waals surface area contributed by atoms with E-state index >= 15 is 0 Å². The molecular weight excluding hydrogens is 260 g/mol. The van der Waals surface area contributed by atoms with Gasteiger partial charge in [0.05, 0.1) is 12.6 Å². The summed E-state index contributed by atoms with van der Waals surface area (Å²) in [7, 11) is 1.59. The maximum atomic E-state index is 11.8. The van der Waals surface area contributed by atoms with Crippen molar-refractivity contribution in [3.63, 3.8) is 0 Å². The summed E-state index contributed by atoms with van der Waals surface area (Å²) in [5.41, 5.74) is 0.863. The van der Waals surface area contributed by atoms with E-state index in [4.69, 9.17) is 9.84 Å². The molecule has 0 radical (unpaired) electrons. The number of nitrogens with zero attached hydrogens (tertiary/aromatic N) is 1. The highest BCUT2D eigenvalue weighted by molar-refractivity contribution is 5.89. The van der Waals surface area contributed by atoms with E-state index in [0.29, 0.717) is 0 Å². The quantitative estimate of drug-likeness (QED) is 0.861. The molecule has 6 heteroatoms. The van der Waals surface area contributed by atoms with Crippen LogP contribution in [0.4, 0.5) is 0 Å². The van der Waals surface area contributed by atoms with Gasteiger partial charge in [-0.3, -0.25) is 9.59 Å². The summed E-state index contributed by atoms with van der Waals surface area (Å²) in [6, 6.07) is 6.53. The molecule has 1 heterocycles. The van der Waals surface area contributed by atoms with E-state index in [1.807, 2.05) is 24.3 Å². The summed E-state index contributed by atoms with van der Waals surface area (Å²) in [4.78, 5) is 22.5. The molecule has 0 aliphatic carbocycles. The van der Waals surface area contributed by atoms with Gasteiger partial charge in [-0.15, -0.1) is 0 Å². The molecular formula is C14H16N2O4.